The van der Waals surface area contributed by atoms with Crippen LogP contribution in [-0.2, 0) is 0 Å². The van der Waals surface area contributed by atoms with E-state index < -0.39 is 0 Å². The Bertz CT molecular complexity index is 4970. The van der Waals surface area contributed by atoms with Gasteiger partial charge in [-0.05, 0) is 175 Å². The fourth-order valence-electron chi connectivity index (χ4n) is 13.0. The van der Waals surface area contributed by atoms with Crippen molar-refractivity contribution in [1.29, 1.82) is 0 Å². The predicted molar refractivity (Wildman–Crippen MR) is 350 cm³/mol. The first-order chi connectivity index (χ1) is 41.1. The third-order valence-corrected chi connectivity index (χ3v) is 17.0. The van der Waals surface area contributed by atoms with Crippen molar-refractivity contribution in [2.75, 3.05) is 0 Å². The summed E-state index contributed by atoms with van der Waals surface area (Å²) >= 11 is 0. The van der Waals surface area contributed by atoms with E-state index in [1.165, 1.54) is 121 Å². The molecule has 3 heteroatoms. The van der Waals surface area contributed by atoms with Crippen molar-refractivity contribution in [2.24, 2.45) is 0 Å². The first-order valence-corrected chi connectivity index (χ1v) is 28.8. The van der Waals surface area contributed by atoms with Gasteiger partial charge in [0.15, 0.2) is 0 Å². The fraction of sp³-hybridized carbons (Fsp3) is 0.0250. The molecule has 0 unspecified atom stereocenters. The van der Waals surface area contributed by atoms with Crippen LogP contribution in [0.5, 0.6) is 11.5 Å². The average molecular weight is 1060 g/mol. The van der Waals surface area contributed by atoms with Crippen LogP contribution in [0, 0.1) is 0 Å². The van der Waals surface area contributed by atoms with Gasteiger partial charge in [-0.25, -0.2) is 0 Å². The van der Waals surface area contributed by atoms with E-state index in [1.54, 1.807) is 0 Å². The normalized spacial score (nSPS) is 12.5. The van der Waals surface area contributed by atoms with E-state index in [9.17, 15) is 0 Å². The lowest BCUT2D eigenvalue weighted by atomic mass is 9.96. The molecule has 0 spiro atoms. The van der Waals surface area contributed by atoms with Gasteiger partial charge in [0.05, 0.1) is 33.4 Å². The van der Waals surface area contributed by atoms with Gasteiger partial charge < -0.3 is 13.9 Å². The van der Waals surface area contributed by atoms with Crippen LogP contribution >= 0.6 is 0 Å². The molecule has 3 nitrogen and oxygen atoms in total. The van der Waals surface area contributed by atoms with Gasteiger partial charge in [-0.2, -0.15) is 0 Å². The van der Waals surface area contributed by atoms with Gasteiger partial charge in [-0.3, -0.25) is 0 Å². The number of aromatic nitrogens is 2. The van der Waals surface area contributed by atoms with Gasteiger partial charge in [0.1, 0.15) is 11.5 Å². The average Bonchev–Trinajstić information content (AvgIpc) is 4.29. The second kappa shape index (κ2) is 20.1. The van der Waals surface area contributed by atoms with Gasteiger partial charge in [-0.15, -0.1) is 0 Å². The maximum absolute atomic E-state index is 6.58. The molecule has 0 bridgehead atoms. The minimum absolute atomic E-state index is 0.786. The number of hydrogen-bond donors (Lipinski definition) is 0. The van der Waals surface area contributed by atoms with Gasteiger partial charge in [0.25, 0.3) is 0 Å². The molecule has 0 saturated carbocycles. The lowest BCUT2D eigenvalue weighted by molar-refractivity contribution is 0.483. The van der Waals surface area contributed by atoms with Crippen LogP contribution in [-0.4, -0.2) is 9.13 Å². The summed E-state index contributed by atoms with van der Waals surface area (Å²) in [5.41, 5.74) is 21.5. The quantitative estimate of drug-likeness (QED) is 0.134. The number of allylic oxidation sites excluding steroid dienone is 4. The van der Waals surface area contributed by atoms with Gasteiger partial charge in [-0.1, -0.05) is 218 Å². The van der Waals surface area contributed by atoms with Crippen molar-refractivity contribution in [3.05, 3.63) is 309 Å². The summed E-state index contributed by atoms with van der Waals surface area (Å²) in [6.07, 6.45) is 9.11. The summed E-state index contributed by atoms with van der Waals surface area (Å²) in [6, 6.07) is 104. The lowest BCUT2D eigenvalue weighted by Crippen LogP contribution is -1.97. The molecule has 0 amide bonds. The summed E-state index contributed by atoms with van der Waals surface area (Å²) in [4.78, 5) is 0. The van der Waals surface area contributed by atoms with E-state index >= 15 is 0 Å². The lowest BCUT2D eigenvalue weighted by Gasteiger charge is -2.16. The van der Waals surface area contributed by atoms with E-state index in [1.807, 2.05) is 0 Å². The van der Waals surface area contributed by atoms with Crippen LogP contribution in [0.4, 0.5) is 0 Å². The highest BCUT2D eigenvalue weighted by Gasteiger charge is 2.21. The van der Waals surface area contributed by atoms with E-state index in [0.29, 0.717) is 0 Å². The Morgan fingerprint density at radius 3 is 0.988 bits per heavy atom. The molecule has 2 aromatic heterocycles. The number of fused-ring (bicyclic) bond motifs is 8. The molecule has 15 aromatic rings. The van der Waals surface area contributed by atoms with Crippen LogP contribution in [0.15, 0.2) is 303 Å². The van der Waals surface area contributed by atoms with Crippen LogP contribution in [0.3, 0.4) is 0 Å². The first kappa shape index (κ1) is 48.2. The molecule has 0 radical (unpaired) electrons. The Balaban J connectivity index is 0.707. The molecule has 0 fully saturated rings. The molecule has 1 aliphatic rings. The molecule has 0 atom stereocenters. The Morgan fingerprint density at radius 2 is 0.602 bits per heavy atom. The van der Waals surface area contributed by atoms with Crippen molar-refractivity contribution in [3.63, 3.8) is 0 Å². The molecule has 13 aromatic carbocycles. The summed E-state index contributed by atoms with van der Waals surface area (Å²) < 4.78 is 11.5. The highest BCUT2D eigenvalue weighted by atomic mass is 16.5. The Morgan fingerprint density at radius 1 is 0.253 bits per heavy atom. The number of ether oxygens (including phenoxy) is 1. The number of nitrogens with zero attached hydrogens (tertiary/aromatic N) is 2. The van der Waals surface area contributed by atoms with Crippen molar-refractivity contribution in [2.45, 2.75) is 12.8 Å². The molecular formula is C80H54N2O. The highest BCUT2D eigenvalue weighted by molar-refractivity contribution is 6.15. The van der Waals surface area contributed by atoms with Crippen molar-refractivity contribution in [1.82, 2.24) is 9.13 Å². The topological polar surface area (TPSA) is 19.1 Å². The molecule has 0 aliphatic heterocycles. The molecule has 16 rings (SSSR count). The minimum Gasteiger partial charge on any atom is -0.457 e. The zero-order valence-electron chi connectivity index (χ0n) is 45.6. The SMILES string of the molecule is C1=CC(c2ccc3c(c2)c2cc(-c4ccccc4)ccc2n3-c2ccc(-c3ccc(Oc4ccc(-c5ccc(-n6c7ccc(-c8ccccc8)cc7c7cc(-c8ccccc8)ccc76)c6ccccc56)cc4)cc3)c3ccccc23)=CCC1. The van der Waals surface area contributed by atoms with Crippen LogP contribution in [0.2, 0.25) is 0 Å². The molecule has 2 heterocycles. The zero-order valence-corrected chi connectivity index (χ0v) is 45.6. The van der Waals surface area contributed by atoms with Crippen LogP contribution in [0.25, 0.3) is 138 Å². The van der Waals surface area contributed by atoms with E-state index in [-0.39, 0.29) is 0 Å². The smallest absolute Gasteiger partial charge is 0.127 e. The minimum atomic E-state index is 0.786. The Labute approximate surface area is 482 Å². The van der Waals surface area contributed by atoms with Crippen molar-refractivity contribution < 1.29 is 4.74 Å². The molecule has 0 saturated heterocycles. The van der Waals surface area contributed by atoms with Crippen molar-refractivity contribution >= 4 is 70.7 Å². The van der Waals surface area contributed by atoms with Gasteiger partial charge >= 0.3 is 0 Å². The van der Waals surface area contributed by atoms with E-state index in [0.717, 1.165) is 46.8 Å². The van der Waals surface area contributed by atoms with Crippen LogP contribution < -0.4 is 4.74 Å². The molecule has 0 N–H and O–H groups in total. The Hall–Kier alpha value is -10.7. The summed E-state index contributed by atoms with van der Waals surface area (Å²) in [7, 11) is 0. The monoisotopic (exact) mass is 1060 g/mol. The zero-order chi connectivity index (χ0) is 54.8. The number of rotatable bonds is 10. The summed E-state index contributed by atoms with van der Waals surface area (Å²) in [5.74, 6) is 1.57. The molecule has 1 aliphatic carbocycles. The maximum Gasteiger partial charge on any atom is 0.127 e. The standard InChI is InChI=1S/C80H54N2O/c1-5-17-53(18-6-1)59-33-43-77-71(49-59)72-50-60(54-19-7-2-8-20-54)34-44-78(72)81(77)75-47-41-65(67-25-13-15-27-69(67)75)57-29-37-63(38-30-57)83-64-39-31-58(32-40-64)66-42-48-76(70-28-16-14-26-68(66)70)82-79-45-35-61(55-21-9-3-10-22-55)51-73(79)74-52-62(36-46-80(74)82)56-23-11-4-12-24-56/h1-3,5-11,13-52H,4,12H2. The third kappa shape index (κ3) is 8.44. The van der Waals surface area contributed by atoms with Crippen molar-refractivity contribution in [3.8, 4) is 78.5 Å². The summed E-state index contributed by atoms with van der Waals surface area (Å²) in [5, 5.41) is 9.74. The number of hydrogen-bond acceptors (Lipinski definition) is 1. The van der Waals surface area contributed by atoms with Gasteiger partial charge in [0.2, 0.25) is 0 Å². The number of benzene rings is 13. The maximum atomic E-state index is 6.58. The fourth-order valence-corrected chi connectivity index (χ4v) is 13.0. The summed E-state index contributed by atoms with van der Waals surface area (Å²) in [6.45, 7) is 0. The third-order valence-electron chi connectivity index (χ3n) is 17.0. The van der Waals surface area contributed by atoms with E-state index in [2.05, 4.69) is 312 Å². The van der Waals surface area contributed by atoms with Crippen LogP contribution in [0.1, 0.15) is 18.4 Å². The highest BCUT2D eigenvalue weighted by Crippen LogP contribution is 2.44. The molecule has 83 heavy (non-hydrogen) atoms. The first-order valence-electron chi connectivity index (χ1n) is 28.8. The second-order valence-corrected chi connectivity index (χ2v) is 21.8. The Kier molecular flexibility index (Phi) is 11.7. The second-order valence-electron chi connectivity index (χ2n) is 21.8. The molecular weight excluding hydrogens is 1000 g/mol. The largest absolute Gasteiger partial charge is 0.457 e. The van der Waals surface area contributed by atoms with Gasteiger partial charge in [0, 0.05) is 32.3 Å². The van der Waals surface area contributed by atoms with E-state index in [4.69, 9.17) is 4.74 Å². The predicted octanol–water partition coefficient (Wildman–Crippen LogP) is 22.0. The molecule has 390 valence electrons.